The highest BCUT2D eigenvalue weighted by Gasteiger charge is 2.31. The van der Waals surface area contributed by atoms with Crippen LogP contribution in [0.1, 0.15) is 10.4 Å². The molecule has 0 atom stereocenters. The number of aromatic nitrogens is 2. The molecule has 0 bridgehead atoms. The Morgan fingerprint density at radius 3 is 2.52 bits per heavy atom. The minimum atomic E-state index is -4.78. The summed E-state index contributed by atoms with van der Waals surface area (Å²) in [4.78, 5) is 17.0. The van der Waals surface area contributed by atoms with E-state index in [1.54, 1.807) is 18.2 Å². The molecule has 0 saturated carbocycles. The topological polar surface area (TPSA) is 55.6 Å². The van der Waals surface area contributed by atoms with E-state index < -0.39 is 12.3 Å². The summed E-state index contributed by atoms with van der Waals surface area (Å²) in [5.74, 6) is -0.835. The number of amides is 1. The van der Waals surface area contributed by atoms with Crippen LogP contribution in [0.25, 0.3) is 16.9 Å². The Bertz CT molecular complexity index is 1130. The Morgan fingerprint density at radius 2 is 1.79 bits per heavy atom. The number of hydrogen-bond acceptors (Lipinski definition) is 3. The van der Waals surface area contributed by atoms with Crippen LogP contribution < -0.4 is 10.1 Å². The minimum absolute atomic E-state index is 0.206. The zero-order valence-electron chi connectivity index (χ0n) is 14.9. The van der Waals surface area contributed by atoms with Crippen LogP contribution >= 0.6 is 0 Å². The first-order valence-corrected chi connectivity index (χ1v) is 8.59. The number of nitrogens with one attached hydrogen (secondary N) is 1. The molecule has 1 N–H and O–H groups in total. The van der Waals surface area contributed by atoms with Gasteiger partial charge in [0.25, 0.3) is 5.91 Å². The number of fused-ring (bicyclic) bond motifs is 1. The van der Waals surface area contributed by atoms with Gasteiger partial charge in [0.1, 0.15) is 11.4 Å². The van der Waals surface area contributed by atoms with Crippen molar-refractivity contribution in [2.24, 2.45) is 0 Å². The Balaban J connectivity index is 1.51. The fourth-order valence-corrected chi connectivity index (χ4v) is 2.84. The van der Waals surface area contributed by atoms with E-state index in [1.165, 1.54) is 12.1 Å². The molecular formula is C21H14F3N3O2. The second kappa shape index (κ2) is 7.31. The van der Waals surface area contributed by atoms with Gasteiger partial charge in [-0.3, -0.25) is 4.79 Å². The van der Waals surface area contributed by atoms with Crippen molar-refractivity contribution in [3.8, 4) is 17.0 Å². The molecule has 146 valence electrons. The average Bonchev–Trinajstić information content (AvgIpc) is 3.12. The molecule has 5 nitrogen and oxygen atoms in total. The first kappa shape index (κ1) is 18.5. The molecule has 2 heterocycles. The van der Waals surface area contributed by atoms with E-state index in [9.17, 15) is 18.0 Å². The van der Waals surface area contributed by atoms with Crippen molar-refractivity contribution < 1.29 is 22.7 Å². The summed E-state index contributed by atoms with van der Waals surface area (Å²) >= 11 is 0. The molecule has 0 fully saturated rings. The number of rotatable bonds is 4. The molecule has 8 heteroatoms. The van der Waals surface area contributed by atoms with Crippen molar-refractivity contribution in [3.05, 3.63) is 84.7 Å². The quantitative estimate of drug-likeness (QED) is 0.518. The number of imidazole rings is 1. The van der Waals surface area contributed by atoms with Crippen LogP contribution in [0.5, 0.6) is 5.75 Å². The monoisotopic (exact) mass is 397 g/mol. The third-order valence-corrected chi connectivity index (χ3v) is 4.13. The van der Waals surface area contributed by atoms with Crippen molar-refractivity contribution in [1.82, 2.24) is 9.38 Å². The standard InChI is InChI=1S/C21H14F3N3O2/c22-21(23,24)29-17-9-7-14(8-10-17)20(28)25-16-5-3-4-15(12-16)18-13-27-11-2-1-6-19(27)26-18/h1-13H,(H,25,28). The Labute approximate surface area is 163 Å². The molecule has 4 aromatic rings. The van der Waals surface area contributed by atoms with Crippen molar-refractivity contribution >= 4 is 17.2 Å². The summed E-state index contributed by atoms with van der Waals surface area (Å²) in [5.41, 5.74) is 3.12. The van der Waals surface area contributed by atoms with E-state index >= 15 is 0 Å². The largest absolute Gasteiger partial charge is 0.573 e. The molecule has 2 aromatic heterocycles. The van der Waals surface area contributed by atoms with Crippen molar-refractivity contribution in [1.29, 1.82) is 0 Å². The predicted molar refractivity (Wildman–Crippen MR) is 102 cm³/mol. The third kappa shape index (κ3) is 4.37. The van der Waals surface area contributed by atoms with Gasteiger partial charge >= 0.3 is 6.36 Å². The highest BCUT2D eigenvalue weighted by atomic mass is 19.4. The molecule has 29 heavy (non-hydrogen) atoms. The SMILES string of the molecule is O=C(Nc1cccc(-c2cn3ccccc3n2)c1)c1ccc(OC(F)(F)F)cc1. The molecule has 0 aliphatic carbocycles. The fraction of sp³-hybridized carbons (Fsp3) is 0.0476. The van der Waals surface area contributed by atoms with Gasteiger partial charge in [0.2, 0.25) is 0 Å². The lowest BCUT2D eigenvalue weighted by Crippen LogP contribution is -2.17. The van der Waals surface area contributed by atoms with Crippen LogP contribution in [0.15, 0.2) is 79.1 Å². The number of nitrogens with zero attached hydrogens (tertiary/aromatic N) is 2. The summed E-state index contributed by atoms with van der Waals surface area (Å²) < 4.78 is 42.4. The van der Waals surface area contributed by atoms with Crippen LogP contribution in [0.2, 0.25) is 0 Å². The number of halogens is 3. The molecule has 0 radical (unpaired) electrons. The van der Waals surface area contributed by atoms with Gasteiger partial charge in [0.05, 0.1) is 5.69 Å². The highest BCUT2D eigenvalue weighted by molar-refractivity contribution is 6.04. The van der Waals surface area contributed by atoms with E-state index in [0.717, 1.165) is 29.0 Å². The van der Waals surface area contributed by atoms with Crippen molar-refractivity contribution in [2.45, 2.75) is 6.36 Å². The number of benzene rings is 2. The van der Waals surface area contributed by atoms with Crippen LogP contribution in [0.4, 0.5) is 18.9 Å². The lowest BCUT2D eigenvalue weighted by Gasteiger charge is -2.10. The van der Waals surface area contributed by atoms with E-state index in [0.29, 0.717) is 5.69 Å². The third-order valence-electron chi connectivity index (χ3n) is 4.13. The lowest BCUT2D eigenvalue weighted by molar-refractivity contribution is -0.274. The van der Waals surface area contributed by atoms with E-state index in [1.807, 2.05) is 41.1 Å². The second-order valence-corrected chi connectivity index (χ2v) is 6.20. The van der Waals surface area contributed by atoms with Crippen LogP contribution in [-0.2, 0) is 0 Å². The lowest BCUT2D eigenvalue weighted by atomic mass is 10.1. The van der Waals surface area contributed by atoms with Crippen molar-refractivity contribution in [2.75, 3.05) is 5.32 Å². The molecule has 0 unspecified atom stereocenters. The number of ether oxygens (including phenoxy) is 1. The molecule has 2 aromatic carbocycles. The van der Waals surface area contributed by atoms with E-state index in [2.05, 4.69) is 15.0 Å². The molecule has 4 rings (SSSR count). The highest BCUT2D eigenvalue weighted by Crippen LogP contribution is 2.24. The van der Waals surface area contributed by atoms with Gasteiger partial charge in [-0.2, -0.15) is 0 Å². The summed E-state index contributed by atoms with van der Waals surface area (Å²) in [6.07, 6.45) is -0.999. The maximum atomic E-state index is 12.4. The second-order valence-electron chi connectivity index (χ2n) is 6.20. The van der Waals surface area contributed by atoms with Gasteiger partial charge in [-0.1, -0.05) is 18.2 Å². The molecule has 1 amide bonds. The zero-order valence-corrected chi connectivity index (χ0v) is 14.9. The summed E-state index contributed by atoms with van der Waals surface area (Å²) in [5, 5.41) is 2.73. The van der Waals surface area contributed by atoms with Gasteiger partial charge in [0.15, 0.2) is 0 Å². The summed E-state index contributed by atoms with van der Waals surface area (Å²) in [6.45, 7) is 0. The average molecular weight is 397 g/mol. The molecule has 0 aliphatic rings. The number of hydrogen-bond donors (Lipinski definition) is 1. The first-order valence-electron chi connectivity index (χ1n) is 8.59. The number of pyridine rings is 1. The van der Waals surface area contributed by atoms with Gasteiger partial charge in [-0.05, 0) is 48.5 Å². The van der Waals surface area contributed by atoms with Gasteiger partial charge in [-0.15, -0.1) is 13.2 Å². The number of alkyl halides is 3. The minimum Gasteiger partial charge on any atom is -0.406 e. The number of carbonyl (C=O) groups is 1. The predicted octanol–water partition coefficient (Wildman–Crippen LogP) is 5.15. The summed E-state index contributed by atoms with van der Waals surface area (Å²) in [6, 6.07) is 17.6. The molecule has 0 spiro atoms. The molecular weight excluding hydrogens is 383 g/mol. The maximum absolute atomic E-state index is 12.4. The Morgan fingerprint density at radius 1 is 1.00 bits per heavy atom. The number of carbonyl (C=O) groups excluding carboxylic acids is 1. The Hall–Kier alpha value is -3.81. The van der Waals surface area contributed by atoms with E-state index in [4.69, 9.17) is 0 Å². The van der Waals surface area contributed by atoms with Gasteiger partial charge in [0, 0.05) is 29.2 Å². The van der Waals surface area contributed by atoms with Crippen molar-refractivity contribution in [3.63, 3.8) is 0 Å². The molecule has 0 saturated heterocycles. The summed E-state index contributed by atoms with van der Waals surface area (Å²) in [7, 11) is 0. The fourth-order valence-electron chi connectivity index (χ4n) is 2.84. The van der Waals surface area contributed by atoms with E-state index in [-0.39, 0.29) is 11.3 Å². The normalized spacial score (nSPS) is 11.4. The maximum Gasteiger partial charge on any atom is 0.573 e. The van der Waals surface area contributed by atoms with Crippen LogP contribution in [0.3, 0.4) is 0 Å². The molecule has 0 aliphatic heterocycles. The van der Waals surface area contributed by atoms with Gasteiger partial charge < -0.3 is 14.5 Å². The zero-order chi connectivity index (χ0) is 20.4. The number of anilines is 1. The Kier molecular flexibility index (Phi) is 4.67. The first-order chi connectivity index (χ1) is 13.9. The van der Waals surface area contributed by atoms with Gasteiger partial charge in [-0.25, -0.2) is 4.98 Å². The van der Waals surface area contributed by atoms with Crippen LogP contribution in [-0.4, -0.2) is 21.7 Å². The van der Waals surface area contributed by atoms with Crippen LogP contribution in [0, 0.1) is 0 Å². The smallest absolute Gasteiger partial charge is 0.406 e.